The summed E-state index contributed by atoms with van der Waals surface area (Å²) in [5.41, 5.74) is 0. The lowest BCUT2D eigenvalue weighted by atomic mass is 10.0. The van der Waals surface area contributed by atoms with Gasteiger partial charge in [0.15, 0.2) is 0 Å². The second kappa shape index (κ2) is 9.17. The lowest BCUT2D eigenvalue weighted by molar-refractivity contribution is -0.139. The van der Waals surface area contributed by atoms with E-state index in [-0.39, 0.29) is 30.8 Å². The zero-order valence-corrected chi connectivity index (χ0v) is 12.5. The van der Waals surface area contributed by atoms with Gasteiger partial charge in [-0.2, -0.15) is 0 Å². The zero-order valence-electron chi connectivity index (χ0n) is 12.5. The molecule has 0 bridgehead atoms. The molecule has 0 spiro atoms. The molecule has 0 rings (SSSR count). The summed E-state index contributed by atoms with van der Waals surface area (Å²) in [6.45, 7) is 7.62. The minimum atomic E-state index is -1.06. The lowest BCUT2D eigenvalue weighted by Gasteiger charge is -2.17. The Morgan fingerprint density at radius 1 is 1.05 bits per heavy atom. The van der Waals surface area contributed by atoms with Crippen molar-refractivity contribution in [2.45, 2.75) is 52.6 Å². The second-order valence-corrected chi connectivity index (χ2v) is 5.39. The van der Waals surface area contributed by atoms with E-state index in [2.05, 4.69) is 16.0 Å². The molecule has 116 valence electrons. The van der Waals surface area contributed by atoms with Crippen LogP contribution in [0.1, 0.15) is 40.5 Å². The normalized spacial score (nSPS) is 12.1. The predicted octanol–water partition coefficient (Wildman–Crippen LogP) is 0.700. The van der Waals surface area contributed by atoms with Gasteiger partial charge in [-0.3, -0.25) is 4.79 Å². The van der Waals surface area contributed by atoms with Gasteiger partial charge in [-0.15, -0.1) is 0 Å². The van der Waals surface area contributed by atoms with Gasteiger partial charge in [0.25, 0.3) is 0 Å². The average Bonchev–Trinajstić information content (AvgIpc) is 2.26. The van der Waals surface area contributed by atoms with Crippen LogP contribution in [0.4, 0.5) is 4.79 Å². The molecule has 0 aliphatic rings. The Bertz CT molecular complexity index is 343. The topological polar surface area (TPSA) is 108 Å². The lowest BCUT2D eigenvalue weighted by Crippen LogP contribution is -2.47. The van der Waals surface area contributed by atoms with E-state index in [1.807, 2.05) is 27.7 Å². The fraction of sp³-hybridized carbons (Fsp3) is 0.769. The molecular formula is C13H25N3O4. The number of aliphatic carboxylic acids is 1. The third-order valence-corrected chi connectivity index (χ3v) is 2.40. The molecule has 1 unspecified atom stereocenters. The molecule has 0 aliphatic heterocycles. The van der Waals surface area contributed by atoms with Crippen molar-refractivity contribution >= 4 is 17.9 Å². The quantitative estimate of drug-likeness (QED) is 0.527. The summed E-state index contributed by atoms with van der Waals surface area (Å²) in [6, 6.07) is -1.44. The van der Waals surface area contributed by atoms with Gasteiger partial charge in [-0.05, 0) is 26.2 Å². The number of carboxylic acids is 1. The van der Waals surface area contributed by atoms with Crippen molar-refractivity contribution in [1.82, 2.24) is 16.0 Å². The highest BCUT2D eigenvalue weighted by Gasteiger charge is 2.20. The van der Waals surface area contributed by atoms with E-state index in [0.29, 0.717) is 6.42 Å². The fourth-order valence-electron chi connectivity index (χ4n) is 1.59. The van der Waals surface area contributed by atoms with Gasteiger partial charge in [-0.25, -0.2) is 9.59 Å². The van der Waals surface area contributed by atoms with Crippen LogP contribution in [0.5, 0.6) is 0 Å². The maximum absolute atomic E-state index is 11.5. The Labute approximate surface area is 119 Å². The Balaban J connectivity index is 4.02. The van der Waals surface area contributed by atoms with Gasteiger partial charge in [0.05, 0.1) is 0 Å². The van der Waals surface area contributed by atoms with Crippen molar-refractivity contribution in [1.29, 1.82) is 0 Å². The van der Waals surface area contributed by atoms with E-state index in [1.165, 1.54) is 0 Å². The molecule has 0 saturated heterocycles. The van der Waals surface area contributed by atoms with Crippen LogP contribution in [0.3, 0.4) is 0 Å². The van der Waals surface area contributed by atoms with Crippen molar-refractivity contribution in [2.24, 2.45) is 5.92 Å². The molecule has 0 aliphatic carbocycles. The first-order valence-electron chi connectivity index (χ1n) is 6.79. The first-order valence-corrected chi connectivity index (χ1v) is 6.79. The van der Waals surface area contributed by atoms with E-state index < -0.39 is 18.0 Å². The van der Waals surface area contributed by atoms with Crippen LogP contribution in [-0.2, 0) is 9.59 Å². The fourth-order valence-corrected chi connectivity index (χ4v) is 1.59. The second-order valence-electron chi connectivity index (χ2n) is 5.39. The van der Waals surface area contributed by atoms with Crippen molar-refractivity contribution in [3.63, 3.8) is 0 Å². The minimum absolute atomic E-state index is 0.0544. The SMILES string of the molecule is CC(C)CC(NC(=O)NCCC(=O)NC(C)C)C(=O)O. The van der Waals surface area contributed by atoms with Crippen LogP contribution in [0.25, 0.3) is 0 Å². The van der Waals surface area contributed by atoms with Crippen LogP contribution in [-0.4, -0.2) is 41.6 Å². The monoisotopic (exact) mass is 287 g/mol. The summed E-state index contributed by atoms with van der Waals surface area (Å²) >= 11 is 0. The van der Waals surface area contributed by atoms with E-state index >= 15 is 0 Å². The minimum Gasteiger partial charge on any atom is -0.480 e. The summed E-state index contributed by atoms with van der Waals surface area (Å²) in [5, 5.41) is 16.5. The Morgan fingerprint density at radius 3 is 2.10 bits per heavy atom. The van der Waals surface area contributed by atoms with Crippen molar-refractivity contribution < 1.29 is 19.5 Å². The summed E-state index contributed by atoms with van der Waals surface area (Å²) in [5.74, 6) is -1.06. The summed E-state index contributed by atoms with van der Waals surface area (Å²) in [7, 11) is 0. The molecule has 0 aromatic rings. The first kappa shape index (κ1) is 18.2. The Hall–Kier alpha value is -1.79. The van der Waals surface area contributed by atoms with Crippen molar-refractivity contribution in [2.75, 3.05) is 6.54 Å². The summed E-state index contributed by atoms with van der Waals surface area (Å²) in [4.78, 5) is 33.8. The molecular weight excluding hydrogens is 262 g/mol. The average molecular weight is 287 g/mol. The molecule has 1 atom stereocenters. The van der Waals surface area contributed by atoms with Crippen LogP contribution in [0.15, 0.2) is 0 Å². The van der Waals surface area contributed by atoms with Gasteiger partial charge >= 0.3 is 12.0 Å². The number of amides is 3. The van der Waals surface area contributed by atoms with Crippen LogP contribution < -0.4 is 16.0 Å². The highest BCUT2D eigenvalue weighted by Crippen LogP contribution is 2.04. The molecule has 0 aromatic heterocycles. The van der Waals surface area contributed by atoms with Gasteiger partial charge in [0.2, 0.25) is 5.91 Å². The summed E-state index contributed by atoms with van der Waals surface area (Å²) in [6.07, 6.45) is 0.518. The molecule has 0 saturated carbocycles. The third-order valence-electron chi connectivity index (χ3n) is 2.40. The number of rotatable bonds is 8. The predicted molar refractivity (Wildman–Crippen MR) is 75.3 cm³/mol. The van der Waals surface area contributed by atoms with E-state index in [1.54, 1.807) is 0 Å². The van der Waals surface area contributed by atoms with E-state index in [0.717, 1.165) is 0 Å². The smallest absolute Gasteiger partial charge is 0.326 e. The van der Waals surface area contributed by atoms with Gasteiger partial charge < -0.3 is 21.1 Å². The van der Waals surface area contributed by atoms with Gasteiger partial charge in [0, 0.05) is 19.0 Å². The number of carbonyl (C=O) groups is 3. The number of carboxylic acid groups (broad SMARTS) is 1. The van der Waals surface area contributed by atoms with E-state index in [4.69, 9.17) is 5.11 Å². The molecule has 0 fully saturated rings. The first-order chi connectivity index (χ1) is 9.22. The van der Waals surface area contributed by atoms with Crippen molar-refractivity contribution in [3.8, 4) is 0 Å². The standard InChI is InChI=1S/C13H25N3O4/c1-8(2)7-10(12(18)19)16-13(20)14-6-5-11(17)15-9(3)4/h8-10H,5-7H2,1-4H3,(H,15,17)(H,18,19)(H2,14,16,20). The summed E-state index contributed by atoms with van der Waals surface area (Å²) < 4.78 is 0. The van der Waals surface area contributed by atoms with Crippen LogP contribution in [0.2, 0.25) is 0 Å². The van der Waals surface area contributed by atoms with Crippen LogP contribution >= 0.6 is 0 Å². The maximum atomic E-state index is 11.5. The number of urea groups is 1. The maximum Gasteiger partial charge on any atom is 0.326 e. The third kappa shape index (κ3) is 9.18. The molecule has 20 heavy (non-hydrogen) atoms. The van der Waals surface area contributed by atoms with Gasteiger partial charge in [0.1, 0.15) is 6.04 Å². The number of nitrogens with one attached hydrogen (secondary N) is 3. The van der Waals surface area contributed by atoms with Gasteiger partial charge in [-0.1, -0.05) is 13.8 Å². The molecule has 3 amide bonds. The number of carbonyl (C=O) groups excluding carboxylic acids is 2. The molecule has 7 heteroatoms. The van der Waals surface area contributed by atoms with E-state index in [9.17, 15) is 14.4 Å². The largest absolute Gasteiger partial charge is 0.480 e. The molecule has 4 N–H and O–H groups in total. The molecule has 0 heterocycles. The molecule has 0 aromatic carbocycles. The molecule has 7 nitrogen and oxygen atoms in total. The molecule has 0 radical (unpaired) electrons. The van der Waals surface area contributed by atoms with Crippen LogP contribution in [0, 0.1) is 5.92 Å². The highest BCUT2D eigenvalue weighted by atomic mass is 16.4. The zero-order chi connectivity index (χ0) is 15.7. The Kier molecular flexibility index (Phi) is 8.35. The number of hydrogen-bond acceptors (Lipinski definition) is 3. The number of hydrogen-bond donors (Lipinski definition) is 4. The highest BCUT2D eigenvalue weighted by molar-refractivity contribution is 5.83. The Morgan fingerprint density at radius 2 is 1.65 bits per heavy atom. The van der Waals surface area contributed by atoms with Crippen molar-refractivity contribution in [3.05, 3.63) is 0 Å².